The maximum absolute atomic E-state index is 14.2. The molecule has 2 aromatic carbocycles. The van der Waals surface area contributed by atoms with Crippen LogP contribution in [0, 0.1) is 19.3 Å². The molecule has 0 saturated heterocycles. The molecule has 0 aliphatic heterocycles. The minimum atomic E-state index is -1.34. The number of benzene rings is 2. The first-order valence-corrected chi connectivity index (χ1v) is 14.4. The monoisotopic (exact) mass is 576 g/mol. The molecule has 42 heavy (non-hydrogen) atoms. The Labute approximate surface area is 249 Å². The zero-order valence-corrected chi connectivity index (χ0v) is 25.4. The summed E-state index contributed by atoms with van der Waals surface area (Å²) in [5, 5.41) is 5.46. The number of nitrogens with one attached hydrogen (secondary N) is 2. The van der Waals surface area contributed by atoms with Crippen LogP contribution < -0.4 is 16.4 Å². The molecule has 9 heteroatoms. The van der Waals surface area contributed by atoms with Gasteiger partial charge in [0.1, 0.15) is 17.7 Å². The molecular formula is C33H44N4O5. The molecule has 2 atom stereocenters. The number of hydrogen-bond donors (Lipinski definition) is 3. The van der Waals surface area contributed by atoms with Gasteiger partial charge in [0.2, 0.25) is 11.8 Å². The normalized spacial score (nSPS) is 12.4. The van der Waals surface area contributed by atoms with Gasteiger partial charge in [-0.05, 0) is 63.4 Å². The first-order valence-electron chi connectivity index (χ1n) is 14.4. The van der Waals surface area contributed by atoms with Gasteiger partial charge in [0.15, 0.2) is 0 Å². The van der Waals surface area contributed by atoms with Crippen LogP contribution in [0.3, 0.4) is 0 Å². The average molecular weight is 577 g/mol. The molecule has 0 saturated carbocycles. The van der Waals surface area contributed by atoms with E-state index in [2.05, 4.69) is 23.5 Å². The molecule has 0 aliphatic rings. The topological polar surface area (TPSA) is 131 Å². The molecule has 4 amide bonds. The van der Waals surface area contributed by atoms with Crippen LogP contribution in [0.2, 0.25) is 0 Å². The molecule has 2 unspecified atom stereocenters. The minimum absolute atomic E-state index is 0.205. The number of amides is 4. The van der Waals surface area contributed by atoms with Gasteiger partial charge in [-0.2, -0.15) is 0 Å². The first kappa shape index (κ1) is 33.9. The molecular weight excluding hydrogens is 532 g/mol. The van der Waals surface area contributed by atoms with Gasteiger partial charge in [0.25, 0.3) is 5.91 Å². The van der Waals surface area contributed by atoms with E-state index in [0.29, 0.717) is 23.2 Å². The maximum Gasteiger partial charge on any atom is 0.408 e. The number of carbonyl (C=O) groups is 4. The van der Waals surface area contributed by atoms with Crippen molar-refractivity contribution in [1.29, 1.82) is 0 Å². The number of aryl methyl sites for hydroxylation is 1. The molecule has 0 aliphatic carbocycles. The highest BCUT2D eigenvalue weighted by molar-refractivity contribution is 6.00. The lowest BCUT2D eigenvalue weighted by Gasteiger charge is -2.34. The van der Waals surface area contributed by atoms with E-state index < -0.39 is 47.9 Å². The van der Waals surface area contributed by atoms with E-state index in [0.717, 1.165) is 31.2 Å². The zero-order chi connectivity index (χ0) is 31.3. The van der Waals surface area contributed by atoms with Crippen molar-refractivity contribution in [3.63, 3.8) is 0 Å². The Kier molecular flexibility index (Phi) is 13.1. The second-order valence-corrected chi connectivity index (χ2v) is 11.3. The fourth-order valence-electron chi connectivity index (χ4n) is 4.45. The molecule has 0 fully saturated rings. The van der Waals surface area contributed by atoms with Gasteiger partial charge in [-0.3, -0.25) is 14.4 Å². The van der Waals surface area contributed by atoms with Gasteiger partial charge < -0.3 is 26.0 Å². The minimum Gasteiger partial charge on any atom is -0.444 e. The molecule has 2 rings (SSSR count). The lowest BCUT2D eigenvalue weighted by Crippen LogP contribution is -2.53. The van der Waals surface area contributed by atoms with E-state index >= 15 is 0 Å². The second-order valence-electron chi connectivity index (χ2n) is 11.3. The lowest BCUT2D eigenvalue weighted by atomic mass is 9.99. The van der Waals surface area contributed by atoms with Crippen molar-refractivity contribution in [2.75, 3.05) is 11.9 Å². The van der Waals surface area contributed by atoms with Crippen LogP contribution in [0.15, 0.2) is 48.5 Å². The standard InChI is InChI=1S/C33H44N4O5/c1-7-9-10-11-14-21-37(31(40)27(22-28(34)38)36-32(41)42-33(4,5)6)29(25-19-17-24(8-2)18-20-25)30(39)35-26-16-13-12-15-23(26)3/h2,12-13,15-20,27,29H,7,9-11,14,21-22H2,1,3-6H3,(H2,34,38)(H,35,39)(H,36,41). The van der Waals surface area contributed by atoms with Gasteiger partial charge in [-0.15, -0.1) is 6.42 Å². The van der Waals surface area contributed by atoms with Gasteiger partial charge in [-0.25, -0.2) is 4.79 Å². The number of para-hydroxylation sites is 1. The number of terminal acetylenes is 1. The number of alkyl carbamates (subject to hydrolysis) is 1. The van der Waals surface area contributed by atoms with E-state index in [1.165, 1.54) is 4.90 Å². The SMILES string of the molecule is C#Cc1ccc(C(C(=O)Nc2ccccc2C)N(CCCCCCC)C(=O)C(CC(N)=O)NC(=O)OC(C)(C)C)cc1. The van der Waals surface area contributed by atoms with Crippen molar-refractivity contribution >= 4 is 29.5 Å². The van der Waals surface area contributed by atoms with E-state index in [4.69, 9.17) is 16.9 Å². The van der Waals surface area contributed by atoms with Crippen LogP contribution in [0.25, 0.3) is 0 Å². The van der Waals surface area contributed by atoms with Crippen molar-refractivity contribution < 1.29 is 23.9 Å². The number of carbonyl (C=O) groups excluding carboxylic acids is 4. The third-order valence-electron chi connectivity index (χ3n) is 6.54. The number of rotatable bonds is 14. The Morgan fingerprint density at radius 1 is 1.00 bits per heavy atom. The molecule has 226 valence electrons. The van der Waals surface area contributed by atoms with Crippen molar-refractivity contribution in [3.8, 4) is 12.3 Å². The Balaban J connectivity index is 2.56. The Bertz CT molecular complexity index is 1260. The van der Waals surface area contributed by atoms with Gasteiger partial charge in [0.05, 0.1) is 6.42 Å². The zero-order valence-electron chi connectivity index (χ0n) is 25.4. The van der Waals surface area contributed by atoms with Crippen molar-refractivity contribution in [3.05, 3.63) is 65.2 Å². The summed E-state index contributed by atoms with van der Waals surface area (Å²) >= 11 is 0. The van der Waals surface area contributed by atoms with E-state index in [-0.39, 0.29) is 6.54 Å². The highest BCUT2D eigenvalue weighted by atomic mass is 16.6. The van der Waals surface area contributed by atoms with Crippen molar-refractivity contribution in [2.45, 2.75) is 90.8 Å². The van der Waals surface area contributed by atoms with E-state index in [1.54, 1.807) is 51.1 Å². The summed E-state index contributed by atoms with van der Waals surface area (Å²) in [7, 11) is 0. The molecule has 2 aromatic rings. The Hall–Kier alpha value is -4.32. The molecule has 0 spiro atoms. The average Bonchev–Trinajstić information content (AvgIpc) is 2.91. The third-order valence-corrected chi connectivity index (χ3v) is 6.54. The first-order chi connectivity index (χ1) is 19.9. The number of hydrogen-bond acceptors (Lipinski definition) is 5. The Morgan fingerprint density at radius 2 is 1.64 bits per heavy atom. The lowest BCUT2D eigenvalue weighted by molar-refractivity contribution is -0.142. The highest BCUT2D eigenvalue weighted by Crippen LogP contribution is 2.27. The quantitative estimate of drug-likeness (QED) is 0.210. The number of unbranched alkanes of at least 4 members (excludes halogenated alkanes) is 4. The third kappa shape index (κ3) is 10.9. The fourth-order valence-corrected chi connectivity index (χ4v) is 4.45. The number of nitrogens with zero attached hydrogens (tertiary/aromatic N) is 1. The van der Waals surface area contributed by atoms with Gasteiger partial charge in [-0.1, -0.05) is 68.9 Å². The molecule has 9 nitrogen and oxygen atoms in total. The summed E-state index contributed by atoms with van der Waals surface area (Å²) in [6, 6.07) is 11.7. The van der Waals surface area contributed by atoms with Crippen LogP contribution in [-0.4, -0.2) is 46.9 Å². The van der Waals surface area contributed by atoms with E-state index in [1.807, 2.05) is 25.1 Å². The molecule has 0 heterocycles. The van der Waals surface area contributed by atoms with Gasteiger partial charge >= 0.3 is 6.09 Å². The number of anilines is 1. The summed E-state index contributed by atoms with van der Waals surface area (Å²) in [6.45, 7) is 9.25. The number of primary amides is 1. The summed E-state index contributed by atoms with van der Waals surface area (Å²) in [6.07, 6.45) is 8.72. The maximum atomic E-state index is 14.2. The van der Waals surface area contributed by atoms with Crippen LogP contribution in [-0.2, 0) is 19.1 Å². The number of nitrogens with two attached hydrogens (primary N) is 1. The van der Waals surface area contributed by atoms with Crippen molar-refractivity contribution in [1.82, 2.24) is 10.2 Å². The fraction of sp³-hybridized carbons (Fsp3) is 0.455. The predicted molar refractivity (Wildman–Crippen MR) is 164 cm³/mol. The number of ether oxygens (including phenoxy) is 1. The van der Waals surface area contributed by atoms with Crippen LogP contribution >= 0.6 is 0 Å². The summed E-state index contributed by atoms with van der Waals surface area (Å²) in [4.78, 5) is 54.3. The molecule has 0 bridgehead atoms. The predicted octanol–water partition coefficient (Wildman–Crippen LogP) is 5.22. The second kappa shape index (κ2) is 16.2. The smallest absolute Gasteiger partial charge is 0.408 e. The Morgan fingerprint density at radius 3 is 2.21 bits per heavy atom. The molecule has 0 radical (unpaired) electrons. The summed E-state index contributed by atoms with van der Waals surface area (Å²) in [5.74, 6) is 0.703. The molecule has 0 aromatic heterocycles. The molecule has 4 N–H and O–H groups in total. The van der Waals surface area contributed by atoms with E-state index in [9.17, 15) is 19.2 Å². The largest absolute Gasteiger partial charge is 0.444 e. The van der Waals surface area contributed by atoms with Gasteiger partial charge in [0, 0.05) is 17.8 Å². The van der Waals surface area contributed by atoms with Crippen LogP contribution in [0.4, 0.5) is 10.5 Å². The highest BCUT2D eigenvalue weighted by Gasteiger charge is 2.37. The van der Waals surface area contributed by atoms with Crippen molar-refractivity contribution in [2.24, 2.45) is 5.73 Å². The van der Waals surface area contributed by atoms with Crippen LogP contribution in [0.5, 0.6) is 0 Å². The van der Waals surface area contributed by atoms with Crippen LogP contribution in [0.1, 0.15) is 89.0 Å². The summed E-state index contributed by atoms with van der Waals surface area (Å²) < 4.78 is 5.34. The summed E-state index contributed by atoms with van der Waals surface area (Å²) in [5.41, 5.74) is 7.25.